The maximum absolute atomic E-state index is 13.9. The molecule has 0 aliphatic carbocycles. The van der Waals surface area contributed by atoms with Gasteiger partial charge in [-0.15, -0.1) is 5.10 Å². The average Bonchev–Trinajstić information content (AvgIpc) is 3.73. The van der Waals surface area contributed by atoms with Crippen molar-refractivity contribution in [2.24, 2.45) is 0 Å². The zero-order valence-corrected chi connectivity index (χ0v) is 23.1. The summed E-state index contributed by atoms with van der Waals surface area (Å²) in [7, 11) is 1.65. The minimum Gasteiger partial charge on any atom is -0.497 e. The summed E-state index contributed by atoms with van der Waals surface area (Å²) in [5.41, 5.74) is 4.35. The van der Waals surface area contributed by atoms with Crippen molar-refractivity contribution in [1.82, 2.24) is 35.1 Å². The number of likely N-dealkylation sites (tertiary alicyclic amines) is 1. The molecule has 0 bridgehead atoms. The lowest BCUT2D eigenvalue weighted by molar-refractivity contribution is -0.130. The van der Waals surface area contributed by atoms with E-state index < -0.39 is 0 Å². The Kier molecular flexibility index (Phi) is 7.60. The number of piperidine rings is 1. The Morgan fingerprint density at radius 3 is 2.78 bits per heavy atom. The lowest BCUT2D eigenvalue weighted by atomic mass is 9.83. The van der Waals surface area contributed by atoms with E-state index in [4.69, 9.17) is 21.3 Å². The number of nitrogens with one attached hydrogen (secondary N) is 1. The highest BCUT2D eigenvalue weighted by atomic mass is 35.5. The predicted octanol–water partition coefficient (Wildman–Crippen LogP) is 5.88. The van der Waals surface area contributed by atoms with Gasteiger partial charge in [0, 0.05) is 40.9 Å². The fourth-order valence-corrected chi connectivity index (χ4v) is 5.63. The van der Waals surface area contributed by atoms with Crippen molar-refractivity contribution in [1.29, 1.82) is 0 Å². The van der Waals surface area contributed by atoms with Crippen LogP contribution in [-0.2, 0) is 4.79 Å². The van der Waals surface area contributed by atoms with Gasteiger partial charge in [0.1, 0.15) is 17.9 Å². The number of carbonyl (C=O) groups is 1. The first kappa shape index (κ1) is 26.5. The third kappa shape index (κ3) is 5.62. The minimum atomic E-state index is -0.277. The number of hydrogen-bond donors (Lipinski definition) is 1. The smallest absolute Gasteiger partial charge is 0.247 e. The molecule has 2 unspecified atom stereocenters. The maximum atomic E-state index is 13.9. The van der Waals surface area contributed by atoms with Gasteiger partial charge in [0.05, 0.1) is 24.5 Å². The molecule has 41 heavy (non-hydrogen) atoms. The van der Waals surface area contributed by atoms with Crippen LogP contribution in [0.2, 0.25) is 5.02 Å². The van der Waals surface area contributed by atoms with Crippen LogP contribution < -0.4 is 4.74 Å². The first-order valence-corrected chi connectivity index (χ1v) is 13.7. The molecular weight excluding hydrogens is 538 g/mol. The van der Waals surface area contributed by atoms with Crippen molar-refractivity contribution in [2.45, 2.75) is 24.8 Å². The third-order valence-corrected chi connectivity index (χ3v) is 7.61. The lowest BCUT2D eigenvalue weighted by Crippen LogP contribution is -2.41. The van der Waals surface area contributed by atoms with Gasteiger partial charge in [-0.05, 0) is 65.2 Å². The number of aromatic amines is 1. The number of hydrogen-bond acceptors (Lipinski definition) is 6. The number of methoxy groups -OCH3 is 1. The van der Waals surface area contributed by atoms with Crippen molar-refractivity contribution in [2.75, 3.05) is 13.7 Å². The second-order valence-electron chi connectivity index (χ2n) is 9.83. The molecule has 1 fully saturated rings. The van der Waals surface area contributed by atoms with Gasteiger partial charge in [-0.1, -0.05) is 54.1 Å². The first-order chi connectivity index (χ1) is 20.1. The van der Waals surface area contributed by atoms with Gasteiger partial charge in [-0.25, -0.2) is 4.98 Å². The molecule has 9 nitrogen and oxygen atoms in total. The van der Waals surface area contributed by atoms with Crippen LogP contribution in [-0.4, -0.2) is 54.6 Å². The zero-order valence-electron chi connectivity index (χ0n) is 22.4. The second kappa shape index (κ2) is 11.8. The fourth-order valence-electron chi connectivity index (χ4n) is 5.44. The van der Waals surface area contributed by atoms with E-state index in [0.29, 0.717) is 11.6 Å². The molecule has 1 aliphatic rings. The van der Waals surface area contributed by atoms with Crippen LogP contribution in [0.1, 0.15) is 41.8 Å². The topological polar surface area (TPSA) is 102 Å². The van der Waals surface area contributed by atoms with Crippen LogP contribution in [0.15, 0.2) is 91.4 Å². The van der Waals surface area contributed by atoms with Gasteiger partial charge in [-0.2, -0.15) is 4.68 Å². The summed E-state index contributed by atoms with van der Waals surface area (Å²) in [6.45, 7) is 0.613. The molecule has 0 radical (unpaired) electrons. The molecule has 3 heterocycles. The molecule has 3 aromatic carbocycles. The van der Waals surface area contributed by atoms with Crippen LogP contribution in [0.5, 0.6) is 5.75 Å². The molecular formula is C31H28ClN7O2. The SMILES string of the molecule is COc1cccc(-c2c[nH]c(C3C(c4ccccc4)CCCN3C(=O)/C=C/c3cc(Cl)ccc3-n3cnnn3)n2)c1. The number of rotatable bonds is 7. The number of amides is 1. The predicted molar refractivity (Wildman–Crippen MR) is 157 cm³/mol. The summed E-state index contributed by atoms with van der Waals surface area (Å²) in [6, 6.07) is 23.2. The Bertz CT molecular complexity index is 1670. The molecule has 0 spiro atoms. The molecule has 2 atom stereocenters. The molecule has 5 aromatic rings. The number of tetrazole rings is 1. The van der Waals surface area contributed by atoms with E-state index in [2.05, 4.69) is 32.6 Å². The van der Waals surface area contributed by atoms with Gasteiger partial charge in [0.25, 0.3) is 0 Å². The molecule has 1 saturated heterocycles. The number of aromatic nitrogens is 6. The number of benzene rings is 3. The molecule has 1 N–H and O–H groups in total. The van der Waals surface area contributed by atoms with E-state index in [0.717, 1.165) is 46.9 Å². The molecule has 0 saturated carbocycles. The minimum absolute atomic E-state index is 0.0783. The van der Waals surface area contributed by atoms with Gasteiger partial charge in [-0.3, -0.25) is 4.79 Å². The highest BCUT2D eigenvalue weighted by Gasteiger charge is 2.37. The van der Waals surface area contributed by atoms with Gasteiger partial charge >= 0.3 is 0 Å². The van der Waals surface area contributed by atoms with Crippen molar-refractivity contribution in [3.05, 3.63) is 113 Å². The molecule has 1 amide bonds. The molecule has 2 aromatic heterocycles. The number of halogens is 1. The standard InChI is InChI=1S/C31H28ClN7O2/c1-41-25-10-5-9-22(18-25)27-19-33-31(35-27)30-26(21-7-3-2-4-8-21)11-6-16-38(30)29(40)15-12-23-17-24(32)13-14-28(23)39-20-34-36-37-39/h2-5,7-10,12-15,17-20,26,30H,6,11,16H2,1H3,(H,33,35)/b15-12+. The Hall–Kier alpha value is -4.76. The molecule has 1 aliphatic heterocycles. The highest BCUT2D eigenvalue weighted by Crippen LogP contribution is 2.42. The van der Waals surface area contributed by atoms with E-state index in [1.54, 1.807) is 36.1 Å². The number of imidazole rings is 1. The number of ether oxygens (including phenoxy) is 1. The Labute approximate surface area is 242 Å². The summed E-state index contributed by atoms with van der Waals surface area (Å²) in [5, 5.41) is 12.0. The largest absolute Gasteiger partial charge is 0.497 e. The Morgan fingerprint density at radius 1 is 1.10 bits per heavy atom. The van der Waals surface area contributed by atoms with E-state index >= 15 is 0 Å². The molecule has 10 heteroatoms. The third-order valence-electron chi connectivity index (χ3n) is 7.38. The van der Waals surface area contributed by atoms with E-state index in [1.165, 1.54) is 11.9 Å². The second-order valence-corrected chi connectivity index (χ2v) is 10.3. The number of H-pyrrole nitrogens is 1. The average molecular weight is 566 g/mol. The zero-order chi connectivity index (χ0) is 28.2. The molecule has 6 rings (SSSR count). The lowest BCUT2D eigenvalue weighted by Gasteiger charge is -2.40. The van der Waals surface area contributed by atoms with E-state index in [1.807, 2.05) is 59.6 Å². The van der Waals surface area contributed by atoms with Gasteiger partial charge < -0.3 is 14.6 Å². The summed E-state index contributed by atoms with van der Waals surface area (Å²) in [4.78, 5) is 24.2. The van der Waals surface area contributed by atoms with Crippen LogP contribution >= 0.6 is 11.6 Å². The first-order valence-electron chi connectivity index (χ1n) is 13.4. The van der Waals surface area contributed by atoms with Crippen molar-refractivity contribution < 1.29 is 9.53 Å². The Balaban J connectivity index is 1.35. The number of carbonyl (C=O) groups excluding carboxylic acids is 1. The number of nitrogens with zero attached hydrogens (tertiary/aromatic N) is 6. The fraction of sp³-hybridized carbons (Fsp3) is 0.194. The van der Waals surface area contributed by atoms with Crippen LogP contribution in [0.4, 0.5) is 0 Å². The monoisotopic (exact) mass is 565 g/mol. The molecule has 206 valence electrons. The maximum Gasteiger partial charge on any atom is 0.247 e. The normalized spacial score (nSPS) is 17.2. The van der Waals surface area contributed by atoms with Gasteiger partial charge in [0.2, 0.25) is 5.91 Å². The Morgan fingerprint density at radius 2 is 1.98 bits per heavy atom. The summed E-state index contributed by atoms with van der Waals surface area (Å²) < 4.78 is 6.95. The van der Waals surface area contributed by atoms with Gasteiger partial charge in [0.15, 0.2) is 0 Å². The van der Waals surface area contributed by atoms with Crippen LogP contribution in [0.25, 0.3) is 23.0 Å². The summed E-state index contributed by atoms with van der Waals surface area (Å²) >= 11 is 6.29. The highest BCUT2D eigenvalue weighted by molar-refractivity contribution is 6.30. The van der Waals surface area contributed by atoms with Crippen LogP contribution in [0.3, 0.4) is 0 Å². The van der Waals surface area contributed by atoms with Crippen molar-refractivity contribution >= 4 is 23.6 Å². The van der Waals surface area contributed by atoms with Crippen LogP contribution in [0, 0.1) is 0 Å². The van der Waals surface area contributed by atoms with Crippen molar-refractivity contribution in [3.63, 3.8) is 0 Å². The van der Waals surface area contributed by atoms with E-state index in [-0.39, 0.29) is 17.9 Å². The van der Waals surface area contributed by atoms with E-state index in [9.17, 15) is 4.79 Å². The summed E-state index contributed by atoms with van der Waals surface area (Å²) in [5.74, 6) is 1.47. The quantitative estimate of drug-likeness (QED) is 0.247. The van der Waals surface area contributed by atoms with Crippen molar-refractivity contribution in [3.8, 4) is 22.7 Å². The summed E-state index contributed by atoms with van der Waals surface area (Å²) in [6.07, 6.45) is 8.57.